The molecule has 31 heavy (non-hydrogen) atoms. The minimum atomic E-state index is -0.823. The molecule has 2 aromatic carbocycles. The molecule has 2 N–H and O–H groups in total. The Morgan fingerprint density at radius 1 is 1.10 bits per heavy atom. The monoisotopic (exact) mass is 415 g/mol. The molecule has 0 unspecified atom stereocenters. The summed E-state index contributed by atoms with van der Waals surface area (Å²) < 4.78 is 5.34. The average Bonchev–Trinajstić information content (AvgIpc) is 3.25. The van der Waals surface area contributed by atoms with Crippen LogP contribution in [-0.4, -0.2) is 41.9 Å². The highest BCUT2D eigenvalue weighted by atomic mass is 16.5. The summed E-state index contributed by atoms with van der Waals surface area (Å²) in [5.74, 6) is -0.0177. The molecular formula is C25H25N3O3. The number of nitrogens with two attached hydrogens (primary N) is 1. The molecule has 1 aliphatic heterocycles. The maximum Gasteiger partial charge on any atom is 0.257 e. The Labute approximate surface area is 181 Å². The van der Waals surface area contributed by atoms with Crippen molar-refractivity contribution < 1.29 is 14.3 Å². The molecule has 1 fully saturated rings. The van der Waals surface area contributed by atoms with Gasteiger partial charge in [0.25, 0.3) is 5.91 Å². The number of amides is 2. The molecule has 0 bridgehead atoms. The normalized spacial score (nSPS) is 18.0. The predicted molar refractivity (Wildman–Crippen MR) is 119 cm³/mol. The third-order valence-corrected chi connectivity index (χ3v) is 6.02. The van der Waals surface area contributed by atoms with Crippen LogP contribution in [0.1, 0.15) is 22.3 Å². The van der Waals surface area contributed by atoms with Gasteiger partial charge >= 0.3 is 0 Å². The van der Waals surface area contributed by atoms with Crippen molar-refractivity contribution in [3.05, 3.63) is 84.2 Å². The second-order valence-electron chi connectivity index (χ2n) is 7.90. The van der Waals surface area contributed by atoms with E-state index < -0.39 is 5.41 Å². The first kappa shape index (κ1) is 20.6. The van der Waals surface area contributed by atoms with Crippen LogP contribution in [0.15, 0.2) is 73.1 Å². The first-order valence-corrected chi connectivity index (χ1v) is 10.2. The van der Waals surface area contributed by atoms with Crippen molar-refractivity contribution in [3.63, 3.8) is 0 Å². The standard InChI is InChI=1S/C25H25N3O3/c1-31-22-11-5-4-10-21(22)23(29)28-14-12-25(17-28,24(26)30)15-18-7-2-3-9-20(18)19-8-6-13-27-16-19/h2-11,13,16H,12,14-15,17H2,1H3,(H2,26,30)/t25-/m0/s1. The number of ether oxygens (including phenoxy) is 1. The highest BCUT2D eigenvalue weighted by Gasteiger charge is 2.45. The third kappa shape index (κ3) is 4.01. The summed E-state index contributed by atoms with van der Waals surface area (Å²) in [7, 11) is 1.54. The van der Waals surface area contributed by atoms with E-state index in [9.17, 15) is 9.59 Å². The number of pyridine rings is 1. The molecule has 0 radical (unpaired) electrons. The van der Waals surface area contributed by atoms with E-state index in [1.165, 1.54) is 0 Å². The molecule has 4 rings (SSSR count). The summed E-state index contributed by atoms with van der Waals surface area (Å²) in [6.07, 6.45) is 4.52. The Morgan fingerprint density at radius 2 is 1.87 bits per heavy atom. The summed E-state index contributed by atoms with van der Waals surface area (Å²) in [5, 5.41) is 0. The number of rotatable bonds is 6. The number of carbonyl (C=O) groups is 2. The molecule has 2 amide bonds. The predicted octanol–water partition coefficient (Wildman–Crippen LogP) is 3.32. The second kappa shape index (κ2) is 8.60. The first-order valence-electron chi connectivity index (χ1n) is 10.2. The van der Waals surface area contributed by atoms with Gasteiger partial charge in [0.2, 0.25) is 5.91 Å². The van der Waals surface area contributed by atoms with E-state index in [1.807, 2.05) is 48.7 Å². The lowest BCUT2D eigenvalue weighted by atomic mass is 9.78. The molecular weight excluding hydrogens is 390 g/mol. The zero-order valence-corrected chi connectivity index (χ0v) is 17.5. The average molecular weight is 415 g/mol. The molecule has 0 aliphatic carbocycles. The molecule has 0 spiro atoms. The van der Waals surface area contributed by atoms with Gasteiger partial charge in [0, 0.05) is 31.0 Å². The van der Waals surface area contributed by atoms with Crippen LogP contribution in [-0.2, 0) is 11.2 Å². The highest BCUT2D eigenvalue weighted by molar-refractivity contribution is 5.98. The zero-order valence-electron chi connectivity index (χ0n) is 17.5. The van der Waals surface area contributed by atoms with Crippen molar-refractivity contribution in [1.29, 1.82) is 0 Å². The summed E-state index contributed by atoms with van der Waals surface area (Å²) in [6.45, 7) is 0.746. The van der Waals surface area contributed by atoms with Crippen LogP contribution in [0.3, 0.4) is 0 Å². The number of primary amides is 1. The van der Waals surface area contributed by atoms with Crippen LogP contribution >= 0.6 is 0 Å². The number of hydrogen-bond acceptors (Lipinski definition) is 4. The number of likely N-dealkylation sites (tertiary alicyclic amines) is 1. The molecule has 158 valence electrons. The van der Waals surface area contributed by atoms with Crippen LogP contribution in [0, 0.1) is 5.41 Å². The first-order chi connectivity index (χ1) is 15.0. The number of benzene rings is 2. The number of hydrogen-bond donors (Lipinski definition) is 1. The number of nitrogens with zero attached hydrogens (tertiary/aromatic N) is 2. The van der Waals surface area contributed by atoms with Crippen molar-refractivity contribution >= 4 is 11.8 Å². The summed E-state index contributed by atoms with van der Waals surface area (Å²) in [4.78, 5) is 31.7. The largest absolute Gasteiger partial charge is 0.496 e. The molecule has 2 heterocycles. The van der Waals surface area contributed by atoms with Crippen molar-refractivity contribution in [2.45, 2.75) is 12.8 Å². The Balaban J connectivity index is 1.62. The number of para-hydroxylation sites is 1. The maximum atomic E-state index is 13.2. The van der Waals surface area contributed by atoms with Crippen molar-refractivity contribution in [2.24, 2.45) is 11.1 Å². The van der Waals surface area contributed by atoms with Crippen molar-refractivity contribution in [1.82, 2.24) is 9.88 Å². The fourth-order valence-corrected chi connectivity index (χ4v) is 4.31. The Morgan fingerprint density at radius 3 is 2.61 bits per heavy atom. The highest BCUT2D eigenvalue weighted by Crippen LogP contribution is 2.38. The van der Waals surface area contributed by atoms with Crippen LogP contribution in [0.4, 0.5) is 0 Å². The molecule has 1 saturated heterocycles. The van der Waals surface area contributed by atoms with Crippen LogP contribution in [0.25, 0.3) is 11.1 Å². The smallest absolute Gasteiger partial charge is 0.257 e. The van der Waals surface area contributed by atoms with E-state index in [1.54, 1.807) is 36.4 Å². The molecule has 1 aromatic heterocycles. The fourth-order valence-electron chi connectivity index (χ4n) is 4.31. The summed E-state index contributed by atoms with van der Waals surface area (Å²) >= 11 is 0. The van der Waals surface area contributed by atoms with E-state index in [4.69, 9.17) is 10.5 Å². The molecule has 6 nitrogen and oxygen atoms in total. The molecule has 1 aliphatic rings. The lowest BCUT2D eigenvalue weighted by molar-refractivity contribution is -0.126. The number of methoxy groups -OCH3 is 1. The Bertz CT molecular complexity index is 1100. The fraction of sp³-hybridized carbons (Fsp3) is 0.240. The van der Waals surface area contributed by atoms with E-state index in [0.29, 0.717) is 30.7 Å². The minimum Gasteiger partial charge on any atom is -0.496 e. The van der Waals surface area contributed by atoms with E-state index in [2.05, 4.69) is 4.98 Å². The molecule has 3 aromatic rings. The second-order valence-corrected chi connectivity index (χ2v) is 7.90. The van der Waals surface area contributed by atoms with Gasteiger partial charge in [-0.15, -0.1) is 0 Å². The maximum absolute atomic E-state index is 13.2. The Kier molecular flexibility index (Phi) is 5.71. The van der Waals surface area contributed by atoms with E-state index in [-0.39, 0.29) is 18.4 Å². The lowest BCUT2D eigenvalue weighted by Gasteiger charge is -2.27. The Hall–Kier alpha value is -3.67. The van der Waals surface area contributed by atoms with Gasteiger partial charge in [-0.25, -0.2) is 0 Å². The molecule has 6 heteroatoms. The van der Waals surface area contributed by atoms with Gasteiger partial charge in [-0.3, -0.25) is 14.6 Å². The van der Waals surface area contributed by atoms with Gasteiger partial charge in [-0.1, -0.05) is 42.5 Å². The van der Waals surface area contributed by atoms with Crippen LogP contribution < -0.4 is 10.5 Å². The zero-order chi connectivity index (χ0) is 21.8. The van der Waals surface area contributed by atoms with Gasteiger partial charge in [0.1, 0.15) is 5.75 Å². The number of aromatic nitrogens is 1. The van der Waals surface area contributed by atoms with Crippen LogP contribution in [0.2, 0.25) is 0 Å². The van der Waals surface area contributed by atoms with Gasteiger partial charge in [0.15, 0.2) is 0 Å². The SMILES string of the molecule is COc1ccccc1C(=O)N1CC[C@@](Cc2ccccc2-c2cccnc2)(C(N)=O)C1. The molecule has 0 saturated carbocycles. The van der Waals surface area contributed by atoms with Crippen molar-refractivity contribution in [2.75, 3.05) is 20.2 Å². The molecule has 1 atom stereocenters. The summed E-state index contributed by atoms with van der Waals surface area (Å²) in [6, 6.07) is 19.0. The van der Waals surface area contributed by atoms with E-state index in [0.717, 1.165) is 16.7 Å². The minimum absolute atomic E-state index is 0.152. The number of carbonyl (C=O) groups excluding carboxylic acids is 2. The van der Waals surface area contributed by atoms with E-state index >= 15 is 0 Å². The van der Waals surface area contributed by atoms with Gasteiger partial charge in [-0.05, 0) is 42.2 Å². The van der Waals surface area contributed by atoms with Gasteiger partial charge in [0.05, 0.1) is 18.1 Å². The lowest BCUT2D eigenvalue weighted by Crippen LogP contribution is -2.42. The van der Waals surface area contributed by atoms with Crippen molar-refractivity contribution in [3.8, 4) is 16.9 Å². The third-order valence-electron chi connectivity index (χ3n) is 6.02. The van der Waals surface area contributed by atoms with Gasteiger partial charge in [-0.2, -0.15) is 0 Å². The topological polar surface area (TPSA) is 85.5 Å². The van der Waals surface area contributed by atoms with Crippen LogP contribution in [0.5, 0.6) is 5.75 Å². The quantitative estimate of drug-likeness (QED) is 0.669. The summed E-state index contributed by atoms with van der Waals surface area (Å²) in [5.41, 5.74) is 8.59. The van der Waals surface area contributed by atoms with Gasteiger partial charge < -0.3 is 15.4 Å².